The average Bonchev–Trinajstić information content (AvgIpc) is 2.43. The van der Waals surface area contributed by atoms with Crippen molar-refractivity contribution in [3.05, 3.63) is 35.6 Å². The molecule has 0 saturated heterocycles. The van der Waals surface area contributed by atoms with Crippen molar-refractivity contribution in [2.75, 3.05) is 40.4 Å². The molecule has 114 valence electrons. The van der Waals surface area contributed by atoms with Gasteiger partial charge in [0.25, 0.3) is 0 Å². The third-order valence-corrected chi connectivity index (χ3v) is 3.39. The van der Waals surface area contributed by atoms with Crippen LogP contribution in [0.5, 0.6) is 0 Å². The van der Waals surface area contributed by atoms with Crippen LogP contribution in [0.2, 0.25) is 0 Å². The Morgan fingerprint density at radius 1 is 1.35 bits per heavy atom. The molecule has 1 unspecified atom stereocenters. The Kier molecular flexibility index (Phi) is 8.42. The van der Waals surface area contributed by atoms with Gasteiger partial charge in [0.15, 0.2) is 0 Å². The number of rotatable bonds is 10. The summed E-state index contributed by atoms with van der Waals surface area (Å²) in [6.07, 6.45) is 2.01. The summed E-state index contributed by atoms with van der Waals surface area (Å²) >= 11 is 0. The molecule has 0 heterocycles. The van der Waals surface area contributed by atoms with Crippen LogP contribution in [0.4, 0.5) is 4.39 Å². The van der Waals surface area contributed by atoms with Crippen LogP contribution in [-0.2, 0) is 4.74 Å². The first kappa shape index (κ1) is 17.1. The fourth-order valence-electron chi connectivity index (χ4n) is 2.30. The third kappa shape index (κ3) is 6.46. The van der Waals surface area contributed by atoms with E-state index in [0.717, 1.165) is 44.6 Å². The molecule has 1 rings (SSSR count). The van der Waals surface area contributed by atoms with E-state index in [-0.39, 0.29) is 11.9 Å². The van der Waals surface area contributed by atoms with Gasteiger partial charge in [-0.3, -0.25) is 0 Å². The van der Waals surface area contributed by atoms with E-state index in [2.05, 4.69) is 24.2 Å². The number of ether oxygens (including phenoxy) is 1. The number of nitrogens with one attached hydrogen (secondary N) is 1. The maximum absolute atomic E-state index is 13.3. The van der Waals surface area contributed by atoms with Crippen LogP contribution in [0.1, 0.15) is 31.4 Å². The highest BCUT2D eigenvalue weighted by atomic mass is 19.1. The Balaban J connectivity index is 2.46. The summed E-state index contributed by atoms with van der Waals surface area (Å²) in [4.78, 5) is 2.29. The van der Waals surface area contributed by atoms with Crippen molar-refractivity contribution in [3.63, 3.8) is 0 Å². The van der Waals surface area contributed by atoms with Gasteiger partial charge in [-0.15, -0.1) is 0 Å². The average molecular weight is 282 g/mol. The van der Waals surface area contributed by atoms with Crippen LogP contribution in [-0.4, -0.2) is 45.3 Å². The summed E-state index contributed by atoms with van der Waals surface area (Å²) in [5, 5.41) is 3.43. The molecule has 1 aromatic carbocycles. The van der Waals surface area contributed by atoms with E-state index in [1.807, 2.05) is 6.07 Å². The highest BCUT2D eigenvalue weighted by molar-refractivity contribution is 5.20. The molecule has 0 radical (unpaired) electrons. The number of nitrogens with zero attached hydrogens (tertiary/aromatic N) is 1. The molecule has 1 aromatic rings. The van der Waals surface area contributed by atoms with Crippen LogP contribution < -0.4 is 5.32 Å². The van der Waals surface area contributed by atoms with E-state index in [1.165, 1.54) is 6.07 Å². The molecule has 3 nitrogen and oxygen atoms in total. The summed E-state index contributed by atoms with van der Waals surface area (Å²) in [5.74, 6) is -0.168. The molecule has 0 saturated carbocycles. The largest absolute Gasteiger partial charge is 0.385 e. The zero-order valence-corrected chi connectivity index (χ0v) is 12.9. The molecule has 0 amide bonds. The van der Waals surface area contributed by atoms with E-state index >= 15 is 0 Å². The van der Waals surface area contributed by atoms with Gasteiger partial charge < -0.3 is 15.0 Å². The quantitative estimate of drug-likeness (QED) is 0.668. The summed E-state index contributed by atoms with van der Waals surface area (Å²) in [6.45, 7) is 5.77. The normalized spacial score (nSPS) is 12.8. The highest BCUT2D eigenvalue weighted by Crippen LogP contribution is 2.18. The topological polar surface area (TPSA) is 24.5 Å². The maximum Gasteiger partial charge on any atom is 0.123 e. The first-order valence-corrected chi connectivity index (χ1v) is 7.33. The van der Waals surface area contributed by atoms with Crippen molar-refractivity contribution in [2.24, 2.45) is 0 Å². The SMILES string of the molecule is CCNC(CCN(C)CCCOC)c1cccc(F)c1. The zero-order valence-electron chi connectivity index (χ0n) is 12.9. The Morgan fingerprint density at radius 2 is 2.15 bits per heavy atom. The molecule has 0 aliphatic heterocycles. The lowest BCUT2D eigenvalue weighted by atomic mass is 10.0. The predicted molar refractivity (Wildman–Crippen MR) is 81.4 cm³/mol. The monoisotopic (exact) mass is 282 g/mol. The van der Waals surface area contributed by atoms with Gasteiger partial charge in [-0.1, -0.05) is 19.1 Å². The van der Waals surface area contributed by atoms with E-state index in [1.54, 1.807) is 19.2 Å². The Hall–Kier alpha value is -0.970. The number of methoxy groups -OCH3 is 1. The first-order chi connectivity index (χ1) is 9.67. The minimum absolute atomic E-state index is 0.168. The van der Waals surface area contributed by atoms with Crippen molar-refractivity contribution in [1.29, 1.82) is 0 Å². The molecular formula is C16H27FN2O. The second kappa shape index (κ2) is 9.86. The van der Waals surface area contributed by atoms with Gasteiger partial charge in [0.1, 0.15) is 5.82 Å². The van der Waals surface area contributed by atoms with Crippen molar-refractivity contribution in [2.45, 2.75) is 25.8 Å². The Labute approximate surface area is 122 Å². The molecule has 0 aromatic heterocycles. The summed E-state index contributed by atoms with van der Waals surface area (Å²) in [7, 11) is 3.84. The second-order valence-electron chi connectivity index (χ2n) is 5.10. The lowest BCUT2D eigenvalue weighted by Gasteiger charge is -2.22. The highest BCUT2D eigenvalue weighted by Gasteiger charge is 2.11. The lowest BCUT2D eigenvalue weighted by molar-refractivity contribution is 0.178. The number of hydrogen-bond acceptors (Lipinski definition) is 3. The van der Waals surface area contributed by atoms with Crippen molar-refractivity contribution < 1.29 is 9.13 Å². The van der Waals surface area contributed by atoms with Crippen LogP contribution in [0.15, 0.2) is 24.3 Å². The van der Waals surface area contributed by atoms with E-state index < -0.39 is 0 Å². The minimum Gasteiger partial charge on any atom is -0.385 e. The maximum atomic E-state index is 13.3. The standard InChI is InChI=1S/C16H27FN2O/c1-4-18-16(14-7-5-8-15(17)13-14)9-11-19(2)10-6-12-20-3/h5,7-8,13,16,18H,4,6,9-12H2,1-3H3. The summed E-state index contributed by atoms with van der Waals surface area (Å²) < 4.78 is 18.4. The van der Waals surface area contributed by atoms with E-state index in [9.17, 15) is 4.39 Å². The van der Waals surface area contributed by atoms with Gasteiger partial charge in [-0.25, -0.2) is 4.39 Å². The van der Waals surface area contributed by atoms with Gasteiger partial charge in [0, 0.05) is 26.3 Å². The van der Waals surface area contributed by atoms with E-state index in [4.69, 9.17) is 4.74 Å². The van der Waals surface area contributed by atoms with Gasteiger partial charge in [0.2, 0.25) is 0 Å². The van der Waals surface area contributed by atoms with Crippen molar-refractivity contribution >= 4 is 0 Å². The zero-order chi connectivity index (χ0) is 14.8. The van der Waals surface area contributed by atoms with Crippen molar-refractivity contribution in [3.8, 4) is 0 Å². The van der Waals surface area contributed by atoms with Crippen LogP contribution in [0.25, 0.3) is 0 Å². The number of hydrogen-bond donors (Lipinski definition) is 1. The molecule has 0 fully saturated rings. The first-order valence-electron chi connectivity index (χ1n) is 7.33. The lowest BCUT2D eigenvalue weighted by Crippen LogP contribution is -2.28. The minimum atomic E-state index is -0.168. The smallest absolute Gasteiger partial charge is 0.123 e. The van der Waals surface area contributed by atoms with Crippen LogP contribution in [0.3, 0.4) is 0 Å². The van der Waals surface area contributed by atoms with Gasteiger partial charge >= 0.3 is 0 Å². The van der Waals surface area contributed by atoms with Crippen LogP contribution in [0, 0.1) is 5.82 Å². The van der Waals surface area contributed by atoms with Gasteiger partial charge in [-0.05, 0) is 50.7 Å². The molecule has 0 bridgehead atoms. The molecule has 0 aliphatic carbocycles. The fourth-order valence-corrected chi connectivity index (χ4v) is 2.30. The fraction of sp³-hybridized carbons (Fsp3) is 0.625. The predicted octanol–water partition coefficient (Wildman–Crippen LogP) is 2.83. The van der Waals surface area contributed by atoms with Gasteiger partial charge in [0.05, 0.1) is 0 Å². The van der Waals surface area contributed by atoms with E-state index in [0.29, 0.717) is 0 Å². The molecule has 20 heavy (non-hydrogen) atoms. The van der Waals surface area contributed by atoms with Crippen molar-refractivity contribution in [1.82, 2.24) is 10.2 Å². The molecule has 0 aliphatic rings. The molecule has 4 heteroatoms. The summed E-state index contributed by atoms with van der Waals surface area (Å²) in [6, 6.07) is 7.08. The molecule has 0 spiro atoms. The summed E-state index contributed by atoms with van der Waals surface area (Å²) in [5.41, 5.74) is 1.03. The van der Waals surface area contributed by atoms with Crippen LogP contribution >= 0.6 is 0 Å². The molecule has 1 atom stereocenters. The number of benzene rings is 1. The Morgan fingerprint density at radius 3 is 2.80 bits per heavy atom. The second-order valence-corrected chi connectivity index (χ2v) is 5.10. The van der Waals surface area contributed by atoms with Gasteiger partial charge in [-0.2, -0.15) is 0 Å². The molecular weight excluding hydrogens is 255 g/mol. The third-order valence-electron chi connectivity index (χ3n) is 3.39. The number of halogens is 1. The molecule has 1 N–H and O–H groups in total. The Bertz CT molecular complexity index is 373.